The van der Waals surface area contributed by atoms with Crippen LogP contribution in [0.4, 0.5) is 5.13 Å². The number of ether oxygens (including phenoxy) is 3. The molecule has 0 fully saturated rings. The number of anilines is 1. The molecule has 180 valence electrons. The first-order valence-electron chi connectivity index (χ1n) is 10.7. The summed E-state index contributed by atoms with van der Waals surface area (Å²) in [4.78, 5) is 22.2. The average molecular weight is 494 g/mol. The molecule has 33 heavy (non-hydrogen) atoms. The summed E-state index contributed by atoms with van der Waals surface area (Å²) in [6.45, 7) is 8.08. The summed E-state index contributed by atoms with van der Waals surface area (Å²) in [6, 6.07) is 9.23. The first-order valence-corrected chi connectivity index (χ1v) is 11.5. The van der Waals surface area contributed by atoms with Crippen molar-refractivity contribution in [3.8, 4) is 17.2 Å². The van der Waals surface area contributed by atoms with Crippen LogP contribution in [0.5, 0.6) is 17.2 Å². The molecular weight excluding hydrogens is 462 g/mol. The van der Waals surface area contributed by atoms with E-state index in [4.69, 9.17) is 19.2 Å². The van der Waals surface area contributed by atoms with Crippen molar-refractivity contribution in [2.45, 2.75) is 20.8 Å². The van der Waals surface area contributed by atoms with Crippen LogP contribution in [0.15, 0.2) is 30.3 Å². The summed E-state index contributed by atoms with van der Waals surface area (Å²) in [6.07, 6.45) is 0. The molecule has 2 aromatic carbocycles. The van der Waals surface area contributed by atoms with Crippen LogP contribution in [-0.4, -0.2) is 63.3 Å². The lowest BCUT2D eigenvalue weighted by Crippen LogP contribution is -2.36. The van der Waals surface area contributed by atoms with Gasteiger partial charge in [-0.15, -0.1) is 12.4 Å². The van der Waals surface area contributed by atoms with Crippen LogP contribution in [0.25, 0.3) is 10.2 Å². The standard InChI is InChI=1S/C24H31N3O4S.ClH/c1-7-30-18-12-10-17(15-20(18)31-8-2)23(28)27(14-13-26(4)5)24-25-21-19(29-6)11-9-16(3)22(21)32-24;/h9-12,15H,7-8,13-14H2,1-6H3;1H. The number of hydrogen-bond donors (Lipinski definition) is 0. The number of carbonyl (C=O) groups excluding carboxylic acids is 1. The molecule has 1 heterocycles. The van der Waals surface area contributed by atoms with E-state index in [2.05, 4.69) is 0 Å². The number of aromatic nitrogens is 1. The van der Waals surface area contributed by atoms with Crippen molar-refractivity contribution in [1.29, 1.82) is 0 Å². The van der Waals surface area contributed by atoms with Crippen LogP contribution < -0.4 is 19.1 Å². The van der Waals surface area contributed by atoms with Gasteiger partial charge in [0.25, 0.3) is 5.91 Å². The van der Waals surface area contributed by atoms with Gasteiger partial charge >= 0.3 is 0 Å². The maximum absolute atomic E-state index is 13.6. The molecule has 1 amide bonds. The molecule has 0 bridgehead atoms. The highest BCUT2D eigenvalue weighted by molar-refractivity contribution is 7.22. The number of nitrogens with zero attached hydrogens (tertiary/aromatic N) is 3. The molecule has 0 aliphatic carbocycles. The molecule has 3 rings (SSSR count). The van der Waals surface area contributed by atoms with Crippen molar-refractivity contribution >= 4 is 45.0 Å². The van der Waals surface area contributed by atoms with Gasteiger partial charge in [0.05, 0.1) is 25.0 Å². The second kappa shape index (κ2) is 12.1. The largest absolute Gasteiger partial charge is 0.494 e. The number of carbonyl (C=O) groups is 1. The van der Waals surface area contributed by atoms with Crippen LogP contribution >= 0.6 is 23.7 Å². The normalized spacial score (nSPS) is 10.8. The number of rotatable bonds is 10. The van der Waals surface area contributed by atoms with Gasteiger partial charge in [0.1, 0.15) is 11.3 Å². The Kier molecular flexibility index (Phi) is 9.76. The second-order valence-corrected chi connectivity index (χ2v) is 8.52. The monoisotopic (exact) mass is 493 g/mol. The Bertz CT molecular complexity index is 1090. The van der Waals surface area contributed by atoms with Crippen LogP contribution in [0.2, 0.25) is 0 Å². The summed E-state index contributed by atoms with van der Waals surface area (Å²) >= 11 is 1.50. The Hall–Kier alpha value is -2.55. The molecule has 0 unspecified atom stereocenters. The van der Waals surface area contributed by atoms with E-state index in [1.165, 1.54) is 11.3 Å². The van der Waals surface area contributed by atoms with Crippen LogP contribution in [0.3, 0.4) is 0 Å². The first-order chi connectivity index (χ1) is 15.4. The minimum Gasteiger partial charge on any atom is -0.494 e. The van der Waals surface area contributed by atoms with E-state index in [0.717, 1.165) is 15.8 Å². The Morgan fingerprint density at radius 2 is 1.67 bits per heavy atom. The maximum Gasteiger partial charge on any atom is 0.260 e. The van der Waals surface area contributed by atoms with E-state index in [1.54, 1.807) is 30.2 Å². The highest BCUT2D eigenvalue weighted by atomic mass is 35.5. The van der Waals surface area contributed by atoms with Crippen molar-refractivity contribution in [2.75, 3.05) is 52.4 Å². The van der Waals surface area contributed by atoms with Gasteiger partial charge in [0, 0.05) is 18.7 Å². The third-order valence-electron chi connectivity index (χ3n) is 4.95. The molecule has 0 saturated carbocycles. The molecule has 0 saturated heterocycles. The summed E-state index contributed by atoms with van der Waals surface area (Å²) in [5, 5.41) is 0.645. The van der Waals surface area contributed by atoms with Crippen molar-refractivity contribution in [2.24, 2.45) is 0 Å². The summed E-state index contributed by atoms with van der Waals surface area (Å²) < 4.78 is 17.9. The topological polar surface area (TPSA) is 64.1 Å². The highest BCUT2D eigenvalue weighted by Crippen LogP contribution is 2.37. The molecule has 1 aromatic heterocycles. The van der Waals surface area contributed by atoms with Gasteiger partial charge < -0.3 is 19.1 Å². The number of amides is 1. The lowest BCUT2D eigenvalue weighted by atomic mass is 10.1. The zero-order valence-corrected chi connectivity index (χ0v) is 21.6. The fraction of sp³-hybridized carbons (Fsp3) is 0.417. The van der Waals surface area contributed by atoms with E-state index in [0.29, 0.717) is 54.2 Å². The predicted octanol–water partition coefficient (Wildman–Crippen LogP) is 5.04. The smallest absolute Gasteiger partial charge is 0.260 e. The first kappa shape index (κ1) is 26.7. The molecular formula is C24H32ClN3O4S. The summed E-state index contributed by atoms with van der Waals surface area (Å²) in [5.74, 6) is 1.76. The van der Waals surface area contributed by atoms with E-state index in [9.17, 15) is 4.79 Å². The van der Waals surface area contributed by atoms with Gasteiger partial charge in [-0.1, -0.05) is 17.4 Å². The minimum atomic E-state index is -0.133. The lowest BCUT2D eigenvalue weighted by Gasteiger charge is -2.22. The summed E-state index contributed by atoms with van der Waals surface area (Å²) in [5.41, 5.74) is 2.40. The van der Waals surface area contributed by atoms with Gasteiger partial charge in [-0.3, -0.25) is 9.69 Å². The number of hydrogen-bond acceptors (Lipinski definition) is 7. The fourth-order valence-electron chi connectivity index (χ4n) is 3.30. The Morgan fingerprint density at radius 3 is 2.30 bits per heavy atom. The highest BCUT2D eigenvalue weighted by Gasteiger charge is 2.24. The molecule has 3 aromatic rings. The molecule has 0 aliphatic rings. The third kappa shape index (κ3) is 6.07. The third-order valence-corrected chi connectivity index (χ3v) is 6.16. The van der Waals surface area contributed by atoms with Crippen molar-refractivity contribution in [3.63, 3.8) is 0 Å². The van der Waals surface area contributed by atoms with Crippen LogP contribution in [-0.2, 0) is 0 Å². The molecule has 0 N–H and O–H groups in total. The van der Waals surface area contributed by atoms with Gasteiger partial charge in [0.15, 0.2) is 16.6 Å². The average Bonchev–Trinajstić information content (AvgIpc) is 3.21. The van der Waals surface area contributed by atoms with E-state index >= 15 is 0 Å². The van der Waals surface area contributed by atoms with E-state index in [1.807, 2.05) is 51.9 Å². The zero-order chi connectivity index (χ0) is 23.3. The SMILES string of the molecule is CCOc1ccc(C(=O)N(CCN(C)C)c2nc3c(OC)ccc(C)c3s2)cc1OCC.Cl. The zero-order valence-electron chi connectivity index (χ0n) is 20.0. The molecule has 7 nitrogen and oxygen atoms in total. The van der Waals surface area contributed by atoms with Crippen molar-refractivity contribution < 1.29 is 19.0 Å². The maximum atomic E-state index is 13.6. The number of likely N-dealkylation sites (N-methyl/N-ethyl adjacent to an activating group) is 1. The fourth-order valence-corrected chi connectivity index (χ4v) is 4.38. The van der Waals surface area contributed by atoms with Gasteiger partial charge in [0.2, 0.25) is 0 Å². The number of methoxy groups -OCH3 is 1. The van der Waals surface area contributed by atoms with Gasteiger partial charge in [-0.05, 0) is 64.7 Å². The number of fused-ring (bicyclic) bond motifs is 1. The lowest BCUT2D eigenvalue weighted by molar-refractivity contribution is 0.0984. The molecule has 0 radical (unpaired) electrons. The predicted molar refractivity (Wildman–Crippen MR) is 137 cm³/mol. The van der Waals surface area contributed by atoms with Crippen LogP contribution in [0, 0.1) is 6.92 Å². The molecule has 0 aliphatic heterocycles. The van der Waals surface area contributed by atoms with E-state index < -0.39 is 0 Å². The Labute approximate surface area is 205 Å². The molecule has 0 atom stereocenters. The van der Waals surface area contributed by atoms with Gasteiger partial charge in [-0.2, -0.15) is 0 Å². The minimum absolute atomic E-state index is 0. The number of benzene rings is 2. The number of halogens is 1. The Balaban J connectivity index is 0.00000385. The Morgan fingerprint density at radius 1 is 1.00 bits per heavy atom. The van der Waals surface area contributed by atoms with Crippen molar-refractivity contribution in [3.05, 3.63) is 41.5 Å². The number of aryl methyl sites for hydroxylation is 1. The van der Waals surface area contributed by atoms with Crippen molar-refractivity contribution in [1.82, 2.24) is 9.88 Å². The van der Waals surface area contributed by atoms with E-state index in [-0.39, 0.29) is 18.3 Å². The quantitative estimate of drug-likeness (QED) is 0.394. The second-order valence-electron chi connectivity index (χ2n) is 7.55. The number of thiazole rings is 1. The van der Waals surface area contributed by atoms with Crippen LogP contribution in [0.1, 0.15) is 29.8 Å². The van der Waals surface area contributed by atoms with Gasteiger partial charge in [-0.25, -0.2) is 4.98 Å². The molecule has 0 spiro atoms. The molecule has 9 heteroatoms. The summed E-state index contributed by atoms with van der Waals surface area (Å²) in [7, 11) is 5.60.